The van der Waals surface area contributed by atoms with Crippen LogP contribution < -0.4 is 0 Å². The van der Waals surface area contributed by atoms with Crippen molar-refractivity contribution in [2.45, 2.75) is 71.0 Å². The molecule has 0 bridgehead atoms. The number of allylic oxidation sites excluding steroid dienone is 11. The summed E-state index contributed by atoms with van der Waals surface area (Å²) in [5.41, 5.74) is 0. The van der Waals surface area contributed by atoms with Gasteiger partial charge in [-0.2, -0.15) is 0 Å². The predicted octanol–water partition coefficient (Wildman–Crippen LogP) is 5.38. The van der Waals surface area contributed by atoms with Crippen LogP contribution in [0.1, 0.15) is 58.8 Å². The Hall–Kier alpha value is -2.21. The summed E-state index contributed by atoms with van der Waals surface area (Å²) in [4.78, 5) is 12.0. The van der Waals surface area contributed by atoms with Crippen LogP contribution in [0.3, 0.4) is 0 Å². The standard InChI is InChI=1S/C27H42O5/c1-3-5-6-7-8-9-10-11-12-13-14-15-16-17-18-19-20-21-22-26(31-4-2)27(30)32-25(23-28)24-29/h5-6,8-9,11-12,14-15,17-18,20-21,25-26,28-29H,3-4,7,10,13,16,19,22-24H2,1-2H3/b6-5+,9-8+,12-11+,15-14+,18-17+,21-20+. The molecule has 0 spiro atoms. The third-order valence-electron chi connectivity index (χ3n) is 4.27. The molecule has 0 fully saturated rings. The van der Waals surface area contributed by atoms with Gasteiger partial charge in [0.15, 0.2) is 6.10 Å². The second-order valence-corrected chi connectivity index (χ2v) is 7.02. The quantitative estimate of drug-likeness (QED) is 0.206. The topological polar surface area (TPSA) is 76.0 Å². The molecular weight excluding hydrogens is 404 g/mol. The van der Waals surface area contributed by atoms with Crippen LogP contribution >= 0.6 is 0 Å². The van der Waals surface area contributed by atoms with Crippen molar-refractivity contribution >= 4 is 5.97 Å². The van der Waals surface area contributed by atoms with Crippen LogP contribution in [0.5, 0.6) is 0 Å². The predicted molar refractivity (Wildman–Crippen MR) is 132 cm³/mol. The number of aliphatic hydroxyl groups is 2. The lowest BCUT2D eigenvalue weighted by molar-refractivity contribution is -0.166. The van der Waals surface area contributed by atoms with Crippen molar-refractivity contribution in [3.63, 3.8) is 0 Å². The normalized spacial score (nSPS) is 13.9. The second-order valence-electron chi connectivity index (χ2n) is 7.02. The SMILES string of the molecule is CC/C=C/C/C=C/C/C=C/C/C=C/C/C=C/C/C=C/CC(OCC)C(=O)OC(CO)CO. The maximum absolute atomic E-state index is 12.0. The molecule has 0 amide bonds. The van der Waals surface area contributed by atoms with E-state index in [2.05, 4.69) is 67.7 Å². The molecular formula is C27H42O5. The fourth-order valence-electron chi connectivity index (χ4n) is 2.55. The van der Waals surface area contributed by atoms with Gasteiger partial charge >= 0.3 is 5.97 Å². The molecule has 180 valence electrons. The van der Waals surface area contributed by atoms with Crippen LogP contribution in [-0.2, 0) is 14.3 Å². The van der Waals surface area contributed by atoms with E-state index >= 15 is 0 Å². The first-order valence-electron chi connectivity index (χ1n) is 11.6. The van der Waals surface area contributed by atoms with Gasteiger partial charge in [0, 0.05) is 13.0 Å². The molecule has 0 heterocycles. The van der Waals surface area contributed by atoms with Gasteiger partial charge in [-0.15, -0.1) is 0 Å². The van der Waals surface area contributed by atoms with Gasteiger partial charge in [-0.3, -0.25) is 0 Å². The van der Waals surface area contributed by atoms with Gasteiger partial charge in [0.25, 0.3) is 0 Å². The van der Waals surface area contributed by atoms with Crippen molar-refractivity contribution in [2.75, 3.05) is 19.8 Å². The van der Waals surface area contributed by atoms with E-state index in [0.29, 0.717) is 13.0 Å². The number of carbonyl (C=O) groups excluding carboxylic acids is 1. The zero-order chi connectivity index (χ0) is 23.7. The maximum atomic E-state index is 12.0. The number of carbonyl (C=O) groups is 1. The molecule has 0 aromatic rings. The van der Waals surface area contributed by atoms with Gasteiger partial charge in [0.05, 0.1) is 13.2 Å². The maximum Gasteiger partial charge on any atom is 0.336 e. The largest absolute Gasteiger partial charge is 0.456 e. The highest BCUT2D eigenvalue weighted by Gasteiger charge is 2.22. The number of hydrogen-bond acceptors (Lipinski definition) is 5. The van der Waals surface area contributed by atoms with E-state index < -0.39 is 31.4 Å². The molecule has 0 radical (unpaired) electrons. The van der Waals surface area contributed by atoms with E-state index in [9.17, 15) is 4.79 Å². The van der Waals surface area contributed by atoms with Crippen LogP contribution in [-0.4, -0.2) is 48.2 Å². The van der Waals surface area contributed by atoms with Crippen LogP contribution in [0.15, 0.2) is 72.9 Å². The smallest absolute Gasteiger partial charge is 0.336 e. The Bertz CT molecular complexity index is 610. The van der Waals surface area contributed by atoms with Crippen LogP contribution in [0.25, 0.3) is 0 Å². The Labute approximate surface area is 194 Å². The van der Waals surface area contributed by atoms with Crippen LogP contribution in [0.4, 0.5) is 0 Å². The van der Waals surface area contributed by atoms with Crippen molar-refractivity contribution in [1.82, 2.24) is 0 Å². The Morgan fingerprint density at radius 3 is 1.47 bits per heavy atom. The molecule has 5 nitrogen and oxygen atoms in total. The monoisotopic (exact) mass is 446 g/mol. The minimum atomic E-state index is -0.907. The Balaban J connectivity index is 3.98. The van der Waals surface area contributed by atoms with E-state index in [1.165, 1.54) is 0 Å². The summed E-state index contributed by atoms with van der Waals surface area (Å²) >= 11 is 0. The number of esters is 1. The molecule has 0 aliphatic rings. The molecule has 1 unspecified atom stereocenters. The zero-order valence-electron chi connectivity index (χ0n) is 19.8. The molecule has 0 aromatic carbocycles. The number of ether oxygens (including phenoxy) is 2. The molecule has 1 atom stereocenters. The first-order valence-corrected chi connectivity index (χ1v) is 11.6. The number of hydrogen-bond donors (Lipinski definition) is 2. The summed E-state index contributed by atoms with van der Waals surface area (Å²) in [5, 5.41) is 18.0. The van der Waals surface area contributed by atoms with Crippen molar-refractivity contribution < 1.29 is 24.5 Å². The van der Waals surface area contributed by atoms with Gasteiger partial charge < -0.3 is 19.7 Å². The van der Waals surface area contributed by atoms with Crippen molar-refractivity contribution in [1.29, 1.82) is 0 Å². The van der Waals surface area contributed by atoms with Crippen LogP contribution in [0.2, 0.25) is 0 Å². The first kappa shape index (κ1) is 29.8. The summed E-state index contributed by atoms with van der Waals surface area (Å²) in [6.07, 6.45) is 29.9. The van der Waals surface area contributed by atoms with E-state index in [1.807, 2.05) is 12.2 Å². The summed E-state index contributed by atoms with van der Waals surface area (Å²) in [6.45, 7) is 3.49. The van der Waals surface area contributed by atoms with Crippen molar-refractivity contribution in [3.8, 4) is 0 Å². The first-order chi connectivity index (χ1) is 15.7. The summed E-state index contributed by atoms with van der Waals surface area (Å²) < 4.78 is 10.4. The van der Waals surface area contributed by atoms with E-state index in [1.54, 1.807) is 6.92 Å². The molecule has 5 heteroatoms. The molecule has 0 aliphatic carbocycles. The third kappa shape index (κ3) is 18.6. The summed E-state index contributed by atoms with van der Waals surface area (Å²) in [7, 11) is 0. The van der Waals surface area contributed by atoms with Crippen LogP contribution in [0, 0.1) is 0 Å². The Morgan fingerprint density at radius 2 is 1.09 bits per heavy atom. The van der Waals surface area contributed by atoms with Gasteiger partial charge in [-0.05, 0) is 45.4 Å². The van der Waals surface area contributed by atoms with Gasteiger partial charge in [-0.25, -0.2) is 4.79 Å². The van der Waals surface area contributed by atoms with E-state index in [-0.39, 0.29) is 0 Å². The lowest BCUT2D eigenvalue weighted by Gasteiger charge is -2.18. The third-order valence-corrected chi connectivity index (χ3v) is 4.27. The van der Waals surface area contributed by atoms with E-state index in [0.717, 1.165) is 38.5 Å². The minimum absolute atomic E-state index is 0.380. The highest BCUT2D eigenvalue weighted by atomic mass is 16.6. The van der Waals surface area contributed by atoms with Crippen molar-refractivity contribution in [3.05, 3.63) is 72.9 Å². The second kappa shape index (κ2) is 23.5. The molecule has 0 aliphatic heterocycles. The Kier molecular flexibility index (Phi) is 21.8. The Morgan fingerprint density at radius 1 is 0.688 bits per heavy atom. The van der Waals surface area contributed by atoms with Gasteiger partial charge in [0.1, 0.15) is 6.10 Å². The average Bonchev–Trinajstić information content (AvgIpc) is 2.80. The molecule has 0 aromatic heterocycles. The minimum Gasteiger partial charge on any atom is -0.456 e. The fourth-order valence-corrected chi connectivity index (χ4v) is 2.55. The molecule has 32 heavy (non-hydrogen) atoms. The molecule has 0 saturated carbocycles. The fraction of sp³-hybridized carbons (Fsp3) is 0.519. The number of aliphatic hydroxyl groups excluding tert-OH is 2. The summed E-state index contributed by atoms with van der Waals surface area (Å²) in [6, 6.07) is 0. The van der Waals surface area contributed by atoms with Crippen molar-refractivity contribution in [2.24, 2.45) is 0 Å². The average molecular weight is 447 g/mol. The zero-order valence-corrected chi connectivity index (χ0v) is 19.8. The lowest BCUT2D eigenvalue weighted by Crippen LogP contribution is -2.33. The highest BCUT2D eigenvalue weighted by molar-refractivity contribution is 5.75. The summed E-state index contributed by atoms with van der Waals surface area (Å²) in [5.74, 6) is -0.570. The highest BCUT2D eigenvalue weighted by Crippen LogP contribution is 2.06. The molecule has 2 N–H and O–H groups in total. The van der Waals surface area contributed by atoms with Gasteiger partial charge in [-0.1, -0.05) is 79.8 Å². The van der Waals surface area contributed by atoms with Gasteiger partial charge in [0.2, 0.25) is 0 Å². The molecule has 0 saturated heterocycles. The number of rotatable bonds is 19. The lowest BCUT2D eigenvalue weighted by atomic mass is 10.2. The molecule has 0 rings (SSSR count). The van der Waals surface area contributed by atoms with E-state index in [4.69, 9.17) is 19.7 Å².